The van der Waals surface area contributed by atoms with Gasteiger partial charge in [0.15, 0.2) is 23.0 Å². The van der Waals surface area contributed by atoms with Gasteiger partial charge in [-0.1, -0.05) is 17.7 Å². The molecule has 2 aliphatic rings. The van der Waals surface area contributed by atoms with Crippen molar-refractivity contribution in [3.8, 4) is 23.0 Å². The molecular formula is C19H20ClNO4. The van der Waals surface area contributed by atoms with Crippen molar-refractivity contribution >= 4 is 11.6 Å². The first-order valence-electron chi connectivity index (χ1n) is 8.47. The second-order valence-corrected chi connectivity index (χ2v) is 6.44. The van der Waals surface area contributed by atoms with Crippen LogP contribution in [0, 0.1) is 0 Å². The van der Waals surface area contributed by atoms with Gasteiger partial charge < -0.3 is 24.3 Å². The Kier molecular flexibility index (Phi) is 4.85. The van der Waals surface area contributed by atoms with Crippen molar-refractivity contribution in [1.82, 2.24) is 5.32 Å². The van der Waals surface area contributed by atoms with Gasteiger partial charge in [-0.2, -0.15) is 0 Å². The van der Waals surface area contributed by atoms with Crippen molar-refractivity contribution in [2.75, 3.05) is 26.4 Å². The minimum Gasteiger partial charge on any atom is -0.489 e. The highest BCUT2D eigenvalue weighted by molar-refractivity contribution is 6.32. The molecule has 0 atom stereocenters. The van der Waals surface area contributed by atoms with E-state index < -0.39 is 0 Å². The summed E-state index contributed by atoms with van der Waals surface area (Å²) < 4.78 is 22.5. The third kappa shape index (κ3) is 3.78. The lowest BCUT2D eigenvalue weighted by molar-refractivity contribution is 0.171. The Hall–Kier alpha value is -2.11. The zero-order valence-corrected chi connectivity index (χ0v) is 14.6. The number of nitrogens with one attached hydrogen (secondary N) is 1. The predicted molar refractivity (Wildman–Crippen MR) is 95.0 cm³/mol. The first-order valence-corrected chi connectivity index (χ1v) is 8.85. The van der Waals surface area contributed by atoms with Gasteiger partial charge in [-0.05, 0) is 35.4 Å². The molecule has 0 amide bonds. The molecule has 0 aliphatic carbocycles. The average molecular weight is 362 g/mol. The van der Waals surface area contributed by atoms with Crippen molar-refractivity contribution in [3.63, 3.8) is 0 Å². The second-order valence-electron chi connectivity index (χ2n) is 6.04. The number of halogens is 1. The molecule has 132 valence electrons. The molecule has 0 aromatic heterocycles. The SMILES string of the molecule is Clc1cc(CNCc2ccc3c(c2)OCCO3)cc2c1OCCCO2. The minimum atomic E-state index is 0.593. The molecule has 2 aliphatic heterocycles. The van der Waals surface area contributed by atoms with Gasteiger partial charge in [-0.25, -0.2) is 0 Å². The summed E-state index contributed by atoms with van der Waals surface area (Å²) in [7, 11) is 0. The fourth-order valence-corrected chi connectivity index (χ4v) is 3.22. The standard InChI is InChI=1S/C19H20ClNO4/c20-15-8-14(10-18-19(15)25-5-1-4-22-18)12-21-11-13-2-3-16-17(9-13)24-7-6-23-16/h2-3,8-10,21H,1,4-7,11-12H2. The van der Waals surface area contributed by atoms with Crippen molar-refractivity contribution < 1.29 is 18.9 Å². The number of ether oxygens (including phenoxy) is 4. The van der Waals surface area contributed by atoms with E-state index in [2.05, 4.69) is 5.32 Å². The highest BCUT2D eigenvalue weighted by atomic mass is 35.5. The van der Waals surface area contributed by atoms with E-state index in [4.69, 9.17) is 30.5 Å². The normalized spacial score (nSPS) is 15.6. The monoisotopic (exact) mass is 361 g/mol. The van der Waals surface area contributed by atoms with Gasteiger partial charge in [0.2, 0.25) is 0 Å². The molecule has 1 N–H and O–H groups in total. The Bertz CT molecular complexity index is 765. The Labute approximate surface area is 151 Å². The first kappa shape index (κ1) is 16.4. The Morgan fingerprint density at radius 1 is 0.760 bits per heavy atom. The van der Waals surface area contributed by atoms with Crippen molar-refractivity contribution in [3.05, 3.63) is 46.5 Å². The number of rotatable bonds is 4. The Balaban J connectivity index is 1.40. The van der Waals surface area contributed by atoms with E-state index in [9.17, 15) is 0 Å². The van der Waals surface area contributed by atoms with Crippen LogP contribution >= 0.6 is 11.6 Å². The molecule has 0 spiro atoms. The molecular weight excluding hydrogens is 342 g/mol. The topological polar surface area (TPSA) is 49.0 Å². The molecule has 5 nitrogen and oxygen atoms in total. The zero-order chi connectivity index (χ0) is 17.1. The van der Waals surface area contributed by atoms with Gasteiger partial charge in [-0.3, -0.25) is 0 Å². The number of benzene rings is 2. The number of fused-ring (bicyclic) bond motifs is 2. The first-order chi connectivity index (χ1) is 12.3. The van der Waals surface area contributed by atoms with E-state index in [1.165, 1.54) is 0 Å². The van der Waals surface area contributed by atoms with Crippen LogP contribution in [0.25, 0.3) is 0 Å². The molecule has 2 aromatic carbocycles. The highest BCUT2D eigenvalue weighted by Crippen LogP contribution is 2.38. The summed E-state index contributed by atoms with van der Waals surface area (Å²) in [5.74, 6) is 2.99. The second kappa shape index (κ2) is 7.42. The van der Waals surface area contributed by atoms with E-state index in [-0.39, 0.29) is 0 Å². The number of hydrogen-bond donors (Lipinski definition) is 1. The van der Waals surface area contributed by atoms with Crippen LogP contribution in [0.15, 0.2) is 30.3 Å². The predicted octanol–water partition coefficient (Wildman–Crippen LogP) is 3.56. The molecule has 0 fully saturated rings. The molecule has 2 heterocycles. The molecule has 25 heavy (non-hydrogen) atoms. The highest BCUT2D eigenvalue weighted by Gasteiger charge is 2.16. The molecule has 0 bridgehead atoms. The van der Waals surface area contributed by atoms with Crippen molar-refractivity contribution in [2.24, 2.45) is 0 Å². The molecule has 0 unspecified atom stereocenters. The maximum Gasteiger partial charge on any atom is 0.179 e. The van der Waals surface area contributed by atoms with E-state index in [1.54, 1.807) is 0 Å². The fourth-order valence-electron chi connectivity index (χ4n) is 2.94. The van der Waals surface area contributed by atoms with E-state index in [0.717, 1.165) is 41.3 Å². The van der Waals surface area contributed by atoms with Gasteiger partial charge in [-0.15, -0.1) is 0 Å². The summed E-state index contributed by atoms with van der Waals surface area (Å²) in [6, 6.07) is 9.93. The van der Waals surface area contributed by atoms with Crippen LogP contribution in [0.2, 0.25) is 5.02 Å². The number of hydrogen-bond acceptors (Lipinski definition) is 5. The molecule has 0 saturated carbocycles. The maximum atomic E-state index is 6.33. The van der Waals surface area contributed by atoms with Gasteiger partial charge in [0.1, 0.15) is 13.2 Å². The van der Waals surface area contributed by atoms with Crippen LogP contribution in [-0.4, -0.2) is 26.4 Å². The lowest BCUT2D eigenvalue weighted by Crippen LogP contribution is -2.16. The quantitative estimate of drug-likeness (QED) is 0.902. The van der Waals surface area contributed by atoms with Gasteiger partial charge in [0.05, 0.1) is 18.2 Å². The third-order valence-electron chi connectivity index (χ3n) is 4.13. The van der Waals surface area contributed by atoms with Crippen molar-refractivity contribution in [1.29, 1.82) is 0 Å². The summed E-state index contributed by atoms with van der Waals surface area (Å²) in [5.41, 5.74) is 2.21. The Morgan fingerprint density at radius 3 is 2.40 bits per heavy atom. The zero-order valence-electron chi connectivity index (χ0n) is 13.8. The van der Waals surface area contributed by atoms with Crippen molar-refractivity contribution in [2.45, 2.75) is 19.5 Å². The third-order valence-corrected chi connectivity index (χ3v) is 4.41. The van der Waals surface area contributed by atoms with Crippen LogP contribution in [-0.2, 0) is 13.1 Å². The summed E-state index contributed by atoms with van der Waals surface area (Å²) in [4.78, 5) is 0. The summed E-state index contributed by atoms with van der Waals surface area (Å²) in [6.45, 7) is 3.90. The molecule has 4 rings (SSSR count). The largest absolute Gasteiger partial charge is 0.489 e. The minimum absolute atomic E-state index is 0.593. The van der Waals surface area contributed by atoms with Crippen LogP contribution in [0.3, 0.4) is 0 Å². The summed E-state index contributed by atoms with van der Waals surface area (Å²) >= 11 is 6.33. The molecule has 0 radical (unpaired) electrons. The summed E-state index contributed by atoms with van der Waals surface area (Å²) in [5, 5.41) is 4.02. The van der Waals surface area contributed by atoms with E-state index in [1.807, 2.05) is 30.3 Å². The van der Waals surface area contributed by atoms with Gasteiger partial charge >= 0.3 is 0 Å². The van der Waals surface area contributed by atoms with Gasteiger partial charge in [0.25, 0.3) is 0 Å². The lowest BCUT2D eigenvalue weighted by atomic mass is 10.1. The smallest absolute Gasteiger partial charge is 0.179 e. The average Bonchev–Trinajstić information content (AvgIpc) is 2.87. The summed E-state index contributed by atoms with van der Waals surface area (Å²) in [6.07, 6.45) is 0.864. The van der Waals surface area contributed by atoms with Crippen LogP contribution in [0.5, 0.6) is 23.0 Å². The van der Waals surface area contributed by atoms with Crippen LogP contribution in [0.1, 0.15) is 17.5 Å². The van der Waals surface area contributed by atoms with Crippen LogP contribution < -0.4 is 24.3 Å². The van der Waals surface area contributed by atoms with E-state index >= 15 is 0 Å². The molecule has 6 heteroatoms. The lowest BCUT2D eigenvalue weighted by Gasteiger charge is -2.19. The van der Waals surface area contributed by atoms with Gasteiger partial charge in [0, 0.05) is 19.5 Å². The van der Waals surface area contributed by atoms with E-state index in [0.29, 0.717) is 43.7 Å². The Morgan fingerprint density at radius 2 is 1.48 bits per heavy atom. The maximum absolute atomic E-state index is 6.33. The fraction of sp³-hybridized carbons (Fsp3) is 0.368. The molecule has 0 saturated heterocycles. The van der Waals surface area contributed by atoms with Crippen LogP contribution in [0.4, 0.5) is 0 Å². The molecule has 2 aromatic rings.